The van der Waals surface area contributed by atoms with Crippen molar-refractivity contribution in [2.75, 3.05) is 13.2 Å². The molecule has 1 aromatic rings. The Morgan fingerprint density at radius 3 is 3.00 bits per heavy atom. The molecule has 104 valence electrons. The first-order valence-corrected chi connectivity index (χ1v) is 8.11. The fourth-order valence-corrected chi connectivity index (χ4v) is 3.44. The largest absolute Gasteiger partial charge is 0.353 e. The minimum absolute atomic E-state index is 0.0534. The normalized spacial score (nSPS) is 27.0. The summed E-state index contributed by atoms with van der Waals surface area (Å²) in [7, 11) is 0. The standard InChI is InChI=1S/C16H21BrO2/c17-15-7-6-13-5-4-12(9-14(13)10-15)11-19-16-3-1-2-8-18-16/h6-7,10,12,16H,1-5,8-9,11H2/t12-,16-/m0/s1. The molecule has 2 nitrogen and oxygen atoms in total. The van der Waals surface area contributed by atoms with Gasteiger partial charge in [-0.2, -0.15) is 0 Å². The van der Waals surface area contributed by atoms with Crippen LogP contribution in [0.3, 0.4) is 0 Å². The lowest BCUT2D eigenvalue weighted by Crippen LogP contribution is -2.27. The molecule has 1 aliphatic carbocycles. The molecule has 1 aromatic carbocycles. The van der Waals surface area contributed by atoms with E-state index in [2.05, 4.69) is 34.1 Å². The number of ether oxygens (including phenoxy) is 2. The molecule has 3 rings (SSSR count). The number of rotatable bonds is 3. The van der Waals surface area contributed by atoms with Crippen molar-refractivity contribution in [1.82, 2.24) is 0 Å². The van der Waals surface area contributed by atoms with E-state index in [1.807, 2.05) is 0 Å². The molecule has 2 atom stereocenters. The summed E-state index contributed by atoms with van der Waals surface area (Å²) in [6, 6.07) is 6.66. The summed E-state index contributed by atoms with van der Waals surface area (Å²) in [5.41, 5.74) is 2.99. The molecular weight excluding hydrogens is 304 g/mol. The summed E-state index contributed by atoms with van der Waals surface area (Å²) in [5, 5.41) is 0. The van der Waals surface area contributed by atoms with Crippen molar-refractivity contribution in [3.63, 3.8) is 0 Å². The molecule has 0 radical (unpaired) electrons. The molecule has 1 fully saturated rings. The van der Waals surface area contributed by atoms with Gasteiger partial charge in [0.2, 0.25) is 0 Å². The van der Waals surface area contributed by atoms with Crippen LogP contribution in [-0.4, -0.2) is 19.5 Å². The van der Waals surface area contributed by atoms with Crippen molar-refractivity contribution in [2.24, 2.45) is 5.92 Å². The lowest BCUT2D eigenvalue weighted by molar-refractivity contribution is -0.169. The summed E-state index contributed by atoms with van der Waals surface area (Å²) < 4.78 is 12.7. The van der Waals surface area contributed by atoms with E-state index in [4.69, 9.17) is 9.47 Å². The van der Waals surface area contributed by atoms with Gasteiger partial charge in [0.25, 0.3) is 0 Å². The molecule has 3 heteroatoms. The average molecular weight is 325 g/mol. The van der Waals surface area contributed by atoms with Crippen LogP contribution in [0.25, 0.3) is 0 Å². The topological polar surface area (TPSA) is 18.5 Å². The Kier molecular flexibility index (Phi) is 4.57. The Hall–Kier alpha value is -0.380. The van der Waals surface area contributed by atoms with E-state index >= 15 is 0 Å². The van der Waals surface area contributed by atoms with E-state index < -0.39 is 0 Å². The molecule has 0 aromatic heterocycles. The first-order chi connectivity index (χ1) is 9.31. The SMILES string of the molecule is Brc1ccc2c(c1)C[C@@H](CO[C@H]1CCCCO1)CC2. The second kappa shape index (κ2) is 6.38. The summed E-state index contributed by atoms with van der Waals surface area (Å²) in [6.45, 7) is 1.71. The number of fused-ring (bicyclic) bond motifs is 1. The first kappa shape index (κ1) is 13.6. The van der Waals surface area contributed by atoms with Gasteiger partial charge in [-0.3, -0.25) is 0 Å². The van der Waals surface area contributed by atoms with Crippen LogP contribution in [0, 0.1) is 5.92 Å². The molecule has 0 spiro atoms. The van der Waals surface area contributed by atoms with E-state index in [1.54, 1.807) is 0 Å². The van der Waals surface area contributed by atoms with Gasteiger partial charge in [-0.15, -0.1) is 0 Å². The van der Waals surface area contributed by atoms with Crippen molar-refractivity contribution in [1.29, 1.82) is 0 Å². The third-order valence-electron chi connectivity index (χ3n) is 4.15. The molecule has 0 N–H and O–H groups in total. The molecule has 0 bridgehead atoms. The molecule has 1 heterocycles. The number of hydrogen-bond acceptors (Lipinski definition) is 2. The van der Waals surface area contributed by atoms with Crippen LogP contribution in [0.4, 0.5) is 0 Å². The maximum atomic E-state index is 5.93. The van der Waals surface area contributed by atoms with Crippen molar-refractivity contribution >= 4 is 15.9 Å². The molecule has 1 aliphatic heterocycles. The van der Waals surface area contributed by atoms with Gasteiger partial charge >= 0.3 is 0 Å². The molecule has 2 aliphatic rings. The molecule has 1 saturated heterocycles. The Labute approximate surface area is 123 Å². The summed E-state index contributed by atoms with van der Waals surface area (Å²) in [6.07, 6.45) is 7.10. The highest BCUT2D eigenvalue weighted by Crippen LogP contribution is 2.28. The smallest absolute Gasteiger partial charge is 0.157 e. The van der Waals surface area contributed by atoms with Gasteiger partial charge in [0.05, 0.1) is 6.61 Å². The Balaban J connectivity index is 1.53. The average Bonchev–Trinajstić information content (AvgIpc) is 2.46. The van der Waals surface area contributed by atoms with Crippen molar-refractivity contribution in [3.8, 4) is 0 Å². The van der Waals surface area contributed by atoms with E-state index in [9.17, 15) is 0 Å². The highest BCUT2D eigenvalue weighted by Gasteiger charge is 2.21. The van der Waals surface area contributed by atoms with Crippen molar-refractivity contribution < 1.29 is 9.47 Å². The van der Waals surface area contributed by atoms with E-state index in [0.717, 1.165) is 26.1 Å². The first-order valence-electron chi connectivity index (χ1n) is 7.32. The van der Waals surface area contributed by atoms with Crippen LogP contribution in [0.15, 0.2) is 22.7 Å². The van der Waals surface area contributed by atoms with Gasteiger partial charge < -0.3 is 9.47 Å². The second-order valence-corrected chi connectivity index (χ2v) is 6.57. The van der Waals surface area contributed by atoms with Crippen LogP contribution in [-0.2, 0) is 22.3 Å². The van der Waals surface area contributed by atoms with Gasteiger partial charge in [-0.05, 0) is 67.7 Å². The van der Waals surface area contributed by atoms with Crippen LogP contribution in [0.2, 0.25) is 0 Å². The summed E-state index contributed by atoms with van der Waals surface area (Å²) in [5.74, 6) is 0.646. The van der Waals surface area contributed by atoms with E-state index in [1.165, 1.54) is 41.3 Å². The van der Waals surface area contributed by atoms with Gasteiger partial charge in [-0.25, -0.2) is 0 Å². The number of halogens is 1. The monoisotopic (exact) mass is 324 g/mol. The lowest BCUT2D eigenvalue weighted by Gasteiger charge is -2.28. The number of benzene rings is 1. The van der Waals surface area contributed by atoms with Crippen molar-refractivity contribution in [3.05, 3.63) is 33.8 Å². The molecule has 0 unspecified atom stereocenters. The molecule has 19 heavy (non-hydrogen) atoms. The summed E-state index contributed by atoms with van der Waals surface area (Å²) in [4.78, 5) is 0. The van der Waals surface area contributed by atoms with Crippen LogP contribution in [0.5, 0.6) is 0 Å². The van der Waals surface area contributed by atoms with Crippen molar-refractivity contribution in [2.45, 2.75) is 44.8 Å². The van der Waals surface area contributed by atoms with Gasteiger partial charge in [0.15, 0.2) is 6.29 Å². The van der Waals surface area contributed by atoms with Crippen LogP contribution >= 0.6 is 15.9 Å². The van der Waals surface area contributed by atoms with Crippen LogP contribution < -0.4 is 0 Å². The molecule has 0 amide bonds. The van der Waals surface area contributed by atoms with Crippen LogP contribution in [0.1, 0.15) is 36.8 Å². The fraction of sp³-hybridized carbons (Fsp3) is 0.625. The third-order valence-corrected chi connectivity index (χ3v) is 4.65. The highest BCUT2D eigenvalue weighted by atomic mass is 79.9. The quantitative estimate of drug-likeness (QED) is 0.833. The zero-order valence-corrected chi connectivity index (χ0v) is 12.8. The maximum absolute atomic E-state index is 5.93. The Morgan fingerprint density at radius 1 is 1.21 bits per heavy atom. The van der Waals surface area contributed by atoms with E-state index in [-0.39, 0.29) is 6.29 Å². The zero-order valence-electron chi connectivity index (χ0n) is 11.2. The lowest BCUT2D eigenvalue weighted by atomic mass is 9.84. The molecular formula is C16H21BrO2. The van der Waals surface area contributed by atoms with Gasteiger partial charge in [0, 0.05) is 11.1 Å². The minimum Gasteiger partial charge on any atom is -0.353 e. The highest BCUT2D eigenvalue weighted by molar-refractivity contribution is 9.10. The number of aryl methyl sites for hydroxylation is 1. The predicted octanol–water partition coefficient (Wildman–Crippen LogP) is 4.10. The second-order valence-electron chi connectivity index (χ2n) is 5.65. The predicted molar refractivity (Wildman–Crippen MR) is 79.2 cm³/mol. The van der Waals surface area contributed by atoms with E-state index in [0.29, 0.717) is 5.92 Å². The summed E-state index contributed by atoms with van der Waals surface area (Å²) >= 11 is 3.56. The Bertz CT molecular complexity index is 427. The fourth-order valence-electron chi connectivity index (χ4n) is 3.03. The molecule has 0 saturated carbocycles. The third kappa shape index (κ3) is 3.59. The minimum atomic E-state index is 0.0534. The van der Waals surface area contributed by atoms with Gasteiger partial charge in [-0.1, -0.05) is 22.0 Å². The Morgan fingerprint density at radius 2 is 2.16 bits per heavy atom. The number of hydrogen-bond donors (Lipinski definition) is 0. The zero-order chi connectivity index (χ0) is 13.1. The maximum Gasteiger partial charge on any atom is 0.157 e. The van der Waals surface area contributed by atoms with Gasteiger partial charge in [0.1, 0.15) is 0 Å².